The van der Waals surface area contributed by atoms with Crippen molar-refractivity contribution >= 4 is 22.4 Å². The Balaban J connectivity index is 1.40. The number of ketones is 1. The first kappa shape index (κ1) is 20.5. The summed E-state index contributed by atoms with van der Waals surface area (Å²) >= 11 is 0. The summed E-state index contributed by atoms with van der Waals surface area (Å²) in [4.78, 5) is 22.3. The van der Waals surface area contributed by atoms with E-state index >= 15 is 0 Å². The van der Waals surface area contributed by atoms with Gasteiger partial charge in [0, 0.05) is 78.6 Å². The van der Waals surface area contributed by atoms with Gasteiger partial charge in [-0.05, 0) is 42.3 Å². The van der Waals surface area contributed by atoms with E-state index in [0.717, 1.165) is 78.1 Å². The Hall–Kier alpha value is -3.14. The molecule has 168 valence electrons. The molecule has 6 nitrogen and oxygen atoms in total. The number of nitrogens with zero attached hydrogens (tertiary/aromatic N) is 3. The van der Waals surface area contributed by atoms with Crippen LogP contribution in [0, 0.1) is 18.3 Å². The molecule has 2 N–H and O–H groups in total. The topological polar surface area (TPSA) is 75.2 Å². The minimum absolute atomic E-state index is 0.0761. The summed E-state index contributed by atoms with van der Waals surface area (Å²) in [7, 11) is 0. The zero-order valence-corrected chi connectivity index (χ0v) is 19.5. The van der Waals surface area contributed by atoms with Crippen LogP contribution in [0.1, 0.15) is 52.2 Å². The lowest BCUT2D eigenvalue weighted by Crippen LogP contribution is -2.61. The number of piperazine rings is 1. The summed E-state index contributed by atoms with van der Waals surface area (Å²) in [6, 6.07) is 12.8. The number of carbonyl (C=O) groups is 1. The van der Waals surface area contributed by atoms with Crippen molar-refractivity contribution in [2.24, 2.45) is 0 Å². The molecule has 3 aromatic rings. The van der Waals surface area contributed by atoms with E-state index < -0.39 is 0 Å². The van der Waals surface area contributed by atoms with Gasteiger partial charge in [0.1, 0.15) is 0 Å². The first-order valence-electron chi connectivity index (χ1n) is 11.8. The molecule has 0 atom stereocenters. The van der Waals surface area contributed by atoms with Crippen LogP contribution in [0.5, 0.6) is 0 Å². The maximum Gasteiger partial charge on any atom is 0.195 e. The Bertz CT molecular complexity index is 1330. The normalized spacial score (nSPS) is 20.3. The quantitative estimate of drug-likeness (QED) is 0.641. The van der Waals surface area contributed by atoms with Crippen molar-refractivity contribution in [2.75, 3.05) is 44.2 Å². The van der Waals surface area contributed by atoms with Crippen molar-refractivity contribution in [1.82, 2.24) is 15.2 Å². The second kappa shape index (κ2) is 7.18. The number of rotatable bonds is 2. The molecule has 6 heteroatoms. The van der Waals surface area contributed by atoms with E-state index in [4.69, 9.17) is 0 Å². The number of aromatic nitrogens is 1. The average Bonchev–Trinajstić information content (AvgIpc) is 3.17. The van der Waals surface area contributed by atoms with E-state index in [2.05, 4.69) is 59.1 Å². The van der Waals surface area contributed by atoms with Crippen molar-refractivity contribution in [3.63, 3.8) is 0 Å². The zero-order valence-electron chi connectivity index (χ0n) is 19.5. The number of aryl methyl sites for hydroxylation is 1. The highest BCUT2D eigenvalue weighted by Crippen LogP contribution is 2.45. The lowest BCUT2D eigenvalue weighted by molar-refractivity contribution is 0.103. The third-order valence-corrected chi connectivity index (χ3v) is 7.97. The van der Waals surface area contributed by atoms with E-state index in [-0.39, 0.29) is 11.2 Å². The molecular weight excluding hydrogens is 410 g/mol. The molecular formula is C27H29N5O. The second-order valence-electron chi connectivity index (χ2n) is 10.2. The second-order valence-corrected chi connectivity index (χ2v) is 10.2. The number of benzene rings is 2. The van der Waals surface area contributed by atoms with Crippen LogP contribution in [0.4, 0.5) is 5.69 Å². The maximum absolute atomic E-state index is 13.7. The maximum atomic E-state index is 13.7. The van der Waals surface area contributed by atoms with Gasteiger partial charge >= 0.3 is 0 Å². The van der Waals surface area contributed by atoms with Gasteiger partial charge < -0.3 is 15.2 Å². The number of anilines is 1. The fraction of sp³-hybridized carbons (Fsp3) is 0.407. The molecule has 2 saturated heterocycles. The van der Waals surface area contributed by atoms with Crippen LogP contribution in [0.15, 0.2) is 30.3 Å². The lowest BCUT2D eigenvalue weighted by atomic mass is 9.70. The van der Waals surface area contributed by atoms with Crippen molar-refractivity contribution in [3.05, 3.63) is 63.8 Å². The molecule has 0 bridgehead atoms. The number of fused-ring (bicyclic) bond motifs is 4. The van der Waals surface area contributed by atoms with Crippen LogP contribution in [-0.2, 0) is 5.41 Å². The van der Waals surface area contributed by atoms with E-state index in [1.165, 1.54) is 5.69 Å². The van der Waals surface area contributed by atoms with Crippen molar-refractivity contribution in [1.29, 1.82) is 5.26 Å². The van der Waals surface area contributed by atoms with Gasteiger partial charge in [-0.25, -0.2) is 0 Å². The minimum Gasteiger partial charge on any atom is -0.369 e. The van der Waals surface area contributed by atoms with E-state index in [9.17, 15) is 10.1 Å². The minimum atomic E-state index is -0.341. The molecule has 2 aromatic carbocycles. The Morgan fingerprint density at radius 3 is 2.52 bits per heavy atom. The fourth-order valence-electron chi connectivity index (χ4n) is 5.84. The largest absolute Gasteiger partial charge is 0.369 e. The highest BCUT2D eigenvalue weighted by molar-refractivity contribution is 6.20. The molecule has 3 heterocycles. The predicted octanol–water partition coefficient (Wildman–Crippen LogP) is 3.31. The molecule has 2 fully saturated rings. The smallest absolute Gasteiger partial charge is 0.195 e. The van der Waals surface area contributed by atoms with Crippen LogP contribution in [0.2, 0.25) is 0 Å². The van der Waals surface area contributed by atoms with Gasteiger partial charge in [-0.3, -0.25) is 9.69 Å². The van der Waals surface area contributed by atoms with Gasteiger partial charge in [0.05, 0.1) is 17.2 Å². The predicted molar refractivity (Wildman–Crippen MR) is 130 cm³/mol. The zero-order chi connectivity index (χ0) is 22.9. The molecule has 0 spiro atoms. The summed E-state index contributed by atoms with van der Waals surface area (Å²) in [5.41, 5.74) is 7.09. The van der Waals surface area contributed by atoms with E-state index in [1.807, 2.05) is 12.1 Å². The number of nitriles is 1. The highest BCUT2D eigenvalue weighted by atomic mass is 16.1. The van der Waals surface area contributed by atoms with Crippen LogP contribution in [0.3, 0.4) is 0 Å². The highest BCUT2D eigenvalue weighted by Gasteiger charge is 2.40. The Morgan fingerprint density at radius 2 is 1.85 bits per heavy atom. The van der Waals surface area contributed by atoms with Crippen molar-refractivity contribution in [2.45, 2.75) is 32.2 Å². The Morgan fingerprint density at radius 1 is 1.09 bits per heavy atom. The molecule has 2 aliphatic heterocycles. The molecule has 33 heavy (non-hydrogen) atoms. The standard InChI is InChI=1S/C27H29N5O/c1-16-10-20-21(12-23(16)32-8-6-31(7-9-32)18-14-29-15-18)27(2,3)26-24(25(20)33)19-5-4-17(13-28)11-22(19)30-26/h4-5,10-12,18,29-30H,6-9,14-15H2,1-3H3. The average molecular weight is 440 g/mol. The first-order valence-corrected chi connectivity index (χ1v) is 11.8. The monoisotopic (exact) mass is 439 g/mol. The van der Waals surface area contributed by atoms with Gasteiger partial charge in [0.15, 0.2) is 5.78 Å². The van der Waals surface area contributed by atoms with Gasteiger partial charge in [0.25, 0.3) is 0 Å². The number of H-pyrrole nitrogens is 1. The Labute approximate surface area is 194 Å². The number of carbonyl (C=O) groups excluding carboxylic acids is 1. The number of aromatic amines is 1. The van der Waals surface area contributed by atoms with Gasteiger partial charge in [-0.2, -0.15) is 5.26 Å². The summed E-state index contributed by atoms with van der Waals surface area (Å²) < 4.78 is 0. The molecule has 1 aromatic heterocycles. The molecule has 0 saturated carbocycles. The van der Waals surface area contributed by atoms with E-state index in [1.54, 1.807) is 6.07 Å². The van der Waals surface area contributed by atoms with Crippen LogP contribution >= 0.6 is 0 Å². The third kappa shape index (κ3) is 2.96. The molecule has 0 radical (unpaired) electrons. The lowest BCUT2D eigenvalue weighted by Gasteiger charge is -2.44. The molecule has 6 rings (SSSR count). The van der Waals surface area contributed by atoms with Crippen molar-refractivity contribution in [3.8, 4) is 6.07 Å². The van der Waals surface area contributed by atoms with Gasteiger partial charge in [-0.1, -0.05) is 19.9 Å². The summed E-state index contributed by atoms with van der Waals surface area (Å²) in [6.45, 7) is 12.9. The SMILES string of the molecule is Cc1cc2c(cc1N1CCN(C3CNC3)CC1)C(C)(C)c1[nH]c3cc(C#N)ccc3c1C2=O. The van der Waals surface area contributed by atoms with Gasteiger partial charge in [-0.15, -0.1) is 0 Å². The van der Waals surface area contributed by atoms with Crippen molar-refractivity contribution < 1.29 is 4.79 Å². The van der Waals surface area contributed by atoms with Crippen LogP contribution in [-0.4, -0.2) is 61.0 Å². The number of nitrogens with one attached hydrogen (secondary N) is 2. The summed E-state index contributed by atoms with van der Waals surface area (Å²) in [6.07, 6.45) is 0. The molecule has 1 aliphatic carbocycles. The molecule has 0 unspecified atom stereocenters. The third-order valence-electron chi connectivity index (χ3n) is 7.97. The number of hydrogen-bond donors (Lipinski definition) is 2. The molecule has 3 aliphatic rings. The molecule has 0 amide bonds. The fourth-order valence-corrected chi connectivity index (χ4v) is 5.84. The van der Waals surface area contributed by atoms with Crippen LogP contribution < -0.4 is 10.2 Å². The first-order chi connectivity index (χ1) is 15.9. The summed E-state index contributed by atoms with van der Waals surface area (Å²) in [5, 5.41) is 13.6. The van der Waals surface area contributed by atoms with Gasteiger partial charge in [0.2, 0.25) is 0 Å². The van der Waals surface area contributed by atoms with E-state index in [0.29, 0.717) is 11.6 Å². The van der Waals surface area contributed by atoms with Crippen LogP contribution in [0.25, 0.3) is 10.9 Å². The number of hydrogen-bond acceptors (Lipinski definition) is 5. The summed E-state index contributed by atoms with van der Waals surface area (Å²) in [5.74, 6) is 0.0761. The Kier molecular flexibility index (Phi) is 4.45.